The molecule has 2 aliphatic heterocycles. The summed E-state index contributed by atoms with van der Waals surface area (Å²) in [4.78, 5) is 42.4. The number of rotatable bonds is 5. The Hall–Kier alpha value is -2.77. The number of carbonyl (C=O) groups excluding carboxylic acids is 3. The van der Waals surface area contributed by atoms with Gasteiger partial charge in [-0.25, -0.2) is 4.79 Å². The van der Waals surface area contributed by atoms with Crippen molar-refractivity contribution < 1.29 is 23.9 Å². The van der Waals surface area contributed by atoms with Crippen molar-refractivity contribution in [2.75, 3.05) is 46.4 Å². The van der Waals surface area contributed by atoms with Crippen LogP contribution in [0.4, 0.5) is 4.79 Å². The number of likely N-dealkylation sites (tertiary alicyclic amines) is 1. The molecule has 0 aliphatic carbocycles. The summed E-state index contributed by atoms with van der Waals surface area (Å²) >= 11 is 0. The maximum absolute atomic E-state index is 13.0. The van der Waals surface area contributed by atoms with Crippen LogP contribution >= 0.6 is 0 Å². The normalized spacial score (nSPS) is 19.9. The highest BCUT2D eigenvalue weighted by atomic mass is 16.6. The largest absolute Gasteiger partial charge is 0.496 e. The van der Waals surface area contributed by atoms with E-state index in [1.807, 2.05) is 24.3 Å². The van der Waals surface area contributed by atoms with E-state index in [0.717, 1.165) is 11.3 Å². The van der Waals surface area contributed by atoms with Gasteiger partial charge in [0.15, 0.2) is 0 Å². The van der Waals surface area contributed by atoms with E-state index in [9.17, 15) is 14.4 Å². The molecule has 0 radical (unpaired) electrons. The molecule has 8 heteroatoms. The van der Waals surface area contributed by atoms with Gasteiger partial charge in [-0.15, -0.1) is 0 Å². The molecule has 0 saturated carbocycles. The van der Waals surface area contributed by atoms with Gasteiger partial charge in [-0.1, -0.05) is 18.2 Å². The Labute approximate surface area is 171 Å². The average molecular weight is 403 g/mol. The van der Waals surface area contributed by atoms with Crippen molar-refractivity contribution in [2.24, 2.45) is 5.92 Å². The van der Waals surface area contributed by atoms with Crippen molar-refractivity contribution in [3.8, 4) is 5.75 Å². The van der Waals surface area contributed by atoms with Crippen molar-refractivity contribution in [1.29, 1.82) is 0 Å². The Morgan fingerprint density at radius 3 is 2.48 bits per heavy atom. The molecule has 3 amide bonds. The highest BCUT2D eigenvalue weighted by Crippen LogP contribution is 2.25. The molecule has 1 atom stereocenters. The summed E-state index contributed by atoms with van der Waals surface area (Å²) in [6, 6.07) is 7.61. The maximum Gasteiger partial charge on any atom is 0.409 e. The van der Waals surface area contributed by atoms with Crippen molar-refractivity contribution in [1.82, 2.24) is 14.7 Å². The third-order valence-electron chi connectivity index (χ3n) is 5.52. The Bertz CT molecular complexity index is 746. The summed E-state index contributed by atoms with van der Waals surface area (Å²) < 4.78 is 10.4. The van der Waals surface area contributed by atoms with Gasteiger partial charge >= 0.3 is 6.09 Å². The van der Waals surface area contributed by atoms with Gasteiger partial charge in [-0.3, -0.25) is 9.59 Å². The number of amides is 3. The van der Waals surface area contributed by atoms with Crippen molar-refractivity contribution >= 4 is 17.9 Å². The summed E-state index contributed by atoms with van der Waals surface area (Å²) in [7, 11) is 1.61. The number of ether oxygens (including phenoxy) is 2. The Kier molecular flexibility index (Phi) is 6.95. The molecule has 0 bridgehead atoms. The number of piperidine rings is 1. The molecule has 158 valence electrons. The Balaban J connectivity index is 1.58. The van der Waals surface area contributed by atoms with Crippen LogP contribution in [-0.2, 0) is 20.9 Å². The average Bonchev–Trinajstić information content (AvgIpc) is 2.75. The molecule has 0 spiro atoms. The second-order valence-electron chi connectivity index (χ2n) is 7.33. The molecule has 0 unspecified atom stereocenters. The Morgan fingerprint density at radius 1 is 1.10 bits per heavy atom. The van der Waals surface area contributed by atoms with Crippen LogP contribution in [-0.4, -0.2) is 79.0 Å². The SMILES string of the molecule is CCOC(=O)N1CCN(C(=O)[C@H]2CCC(=O)N(Cc3ccccc3OC)C2)CC1. The second kappa shape index (κ2) is 9.62. The van der Waals surface area contributed by atoms with Crippen LogP contribution in [0, 0.1) is 5.92 Å². The van der Waals surface area contributed by atoms with Crippen LogP contribution in [0.1, 0.15) is 25.3 Å². The summed E-state index contributed by atoms with van der Waals surface area (Å²) in [5.41, 5.74) is 0.930. The van der Waals surface area contributed by atoms with Gasteiger partial charge in [-0.05, 0) is 19.4 Å². The van der Waals surface area contributed by atoms with Gasteiger partial charge < -0.3 is 24.2 Å². The molecule has 2 saturated heterocycles. The highest BCUT2D eigenvalue weighted by molar-refractivity contribution is 5.84. The number of carbonyl (C=O) groups is 3. The van der Waals surface area contributed by atoms with Crippen LogP contribution in [0.2, 0.25) is 0 Å². The van der Waals surface area contributed by atoms with Gasteiger partial charge in [-0.2, -0.15) is 0 Å². The fourth-order valence-corrected chi connectivity index (χ4v) is 3.89. The van der Waals surface area contributed by atoms with Crippen LogP contribution < -0.4 is 4.74 Å². The lowest BCUT2D eigenvalue weighted by Gasteiger charge is -2.38. The standard InChI is InChI=1S/C21H29N3O5/c1-3-29-21(27)23-12-10-22(11-13-23)20(26)17-8-9-19(25)24(15-17)14-16-6-4-5-7-18(16)28-2/h4-7,17H,3,8-15H2,1-2H3/t17-/m0/s1. The first-order valence-electron chi connectivity index (χ1n) is 10.1. The number of hydrogen-bond donors (Lipinski definition) is 0. The topological polar surface area (TPSA) is 79.4 Å². The minimum Gasteiger partial charge on any atom is -0.496 e. The number of piperazine rings is 1. The summed E-state index contributed by atoms with van der Waals surface area (Å²) in [5.74, 6) is 0.651. The van der Waals surface area contributed by atoms with Crippen LogP contribution in [0.25, 0.3) is 0 Å². The Morgan fingerprint density at radius 2 is 1.79 bits per heavy atom. The van der Waals surface area contributed by atoms with Crippen molar-refractivity contribution in [3.05, 3.63) is 29.8 Å². The van der Waals surface area contributed by atoms with E-state index in [0.29, 0.717) is 58.7 Å². The third-order valence-corrected chi connectivity index (χ3v) is 5.52. The van der Waals surface area contributed by atoms with E-state index in [1.165, 1.54) is 0 Å². The molecule has 3 rings (SSSR count). The molecule has 2 aliphatic rings. The van der Waals surface area contributed by atoms with Crippen molar-refractivity contribution in [2.45, 2.75) is 26.3 Å². The smallest absolute Gasteiger partial charge is 0.409 e. The molecule has 0 aromatic heterocycles. The van der Waals surface area contributed by atoms with Gasteiger partial charge in [0.1, 0.15) is 5.75 Å². The minimum absolute atomic E-state index is 0.0611. The minimum atomic E-state index is -0.328. The zero-order chi connectivity index (χ0) is 20.8. The van der Waals surface area contributed by atoms with Gasteiger partial charge in [0.2, 0.25) is 11.8 Å². The molecule has 1 aromatic rings. The maximum atomic E-state index is 13.0. The summed E-state index contributed by atoms with van der Waals surface area (Å²) in [6.45, 7) is 4.90. The number of hydrogen-bond acceptors (Lipinski definition) is 5. The molecule has 29 heavy (non-hydrogen) atoms. The second-order valence-corrected chi connectivity index (χ2v) is 7.33. The van der Waals surface area contributed by atoms with E-state index in [2.05, 4.69) is 0 Å². The first-order chi connectivity index (χ1) is 14.0. The lowest BCUT2D eigenvalue weighted by Crippen LogP contribution is -2.54. The van der Waals surface area contributed by atoms with E-state index in [4.69, 9.17) is 9.47 Å². The predicted molar refractivity (Wildman–Crippen MR) is 106 cm³/mol. The van der Waals surface area contributed by atoms with Gasteiger partial charge in [0, 0.05) is 51.3 Å². The van der Waals surface area contributed by atoms with Gasteiger partial charge in [0.05, 0.1) is 19.6 Å². The number of benzene rings is 1. The van der Waals surface area contributed by atoms with Crippen LogP contribution in [0.5, 0.6) is 5.75 Å². The summed E-state index contributed by atoms with van der Waals surface area (Å²) in [6.07, 6.45) is 0.609. The lowest BCUT2D eigenvalue weighted by atomic mass is 9.95. The first-order valence-corrected chi connectivity index (χ1v) is 10.1. The number of methoxy groups -OCH3 is 1. The predicted octanol–water partition coefficient (Wildman–Crippen LogP) is 1.73. The van der Waals surface area contributed by atoms with E-state index in [-0.39, 0.29) is 23.8 Å². The molecule has 1 aromatic carbocycles. The zero-order valence-electron chi connectivity index (χ0n) is 17.1. The van der Waals surface area contributed by atoms with Gasteiger partial charge in [0.25, 0.3) is 0 Å². The number of para-hydroxylation sites is 1. The molecule has 0 N–H and O–H groups in total. The lowest BCUT2D eigenvalue weighted by molar-refractivity contribution is -0.144. The molecule has 8 nitrogen and oxygen atoms in total. The van der Waals surface area contributed by atoms with E-state index >= 15 is 0 Å². The fourth-order valence-electron chi connectivity index (χ4n) is 3.89. The fraction of sp³-hybridized carbons (Fsp3) is 0.571. The van der Waals surface area contributed by atoms with E-state index < -0.39 is 0 Å². The van der Waals surface area contributed by atoms with Crippen molar-refractivity contribution in [3.63, 3.8) is 0 Å². The third kappa shape index (κ3) is 4.99. The highest BCUT2D eigenvalue weighted by Gasteiger charge is 2.34. The summed E-state index contributed by atoms with van der Waals surface area (Å²) in [5, 5.41) is 0. The van der Waals surface area contributed by atoms with E-state index in [1.54, 1.807) is 28.7 Å². The first kappa shape index (κ1) is 21.0. The molecule has 2 heterocycles. The van der Waals surface area contributed by atoms with Crippen LogP contribution in [0.15, 0.2) is 24.3 Å². The zero-order valence-corrected chi connectivity index (χ0v) is 17.1. The molecular weight excluding hydrogens is 374 g/mol. The number of nitrogens with zero attached hydrogens (tertiary/aromatic N) is 3. The molecule has 2 fully saturated rings. The molecular formula is C21H29N3O5. The monoisotopic (exact) mass is 403 g/mol. The van der Waals surface area contributed by atoms with Crippen LogP contribution in [0.3, 0.4) is 0 Å². The quantitative estimate of drug-likeness (QED) is 0.748.